The van der Waals surface area contributed by atoms with E-state index in [9.17, 15) is 0 Å². The van der Waals surface area contributed by atoms with Gasteiger partial charge in [-0.1, -0.05) is 19.1 Å². The maximum Gasteiger partial charge on any atom is 0.119 e. The van der Waals surface area contributed by atoms with Crippen LogP contribution in [0, 0.1) is 0 Å². The quantitative estimate of drug-likeness (QED) is 0.788. The fraction of sp³-hybridized carbons (Fsp3) is 0.400. The monoisotopic (exact) mass is 276 g/mol. The predicted molar refractivity (Wildman–Crippen MR) is 79.9 cm³/mol. The lowest BCUT2D eigenvalue weighted by atomic mass is 10.1. The minimum Gasteiger partial charge on any atom is -0.497 e. The lowest BCUT2D eigenvalue weighted by Gasteiger charge is -2.02. The van der Waals surface area contributed by atoms with Crippen molar-refractivity contribution in [3.63, 3.8) is 0 Å². The zero-order valence-electron chi connectivity index (χ0n) is 11.5. The van der Waals surface area contributed by atoms with Gasteiger partial charge in [0.05, 0.1) is 12.1 Å². The number of rotatable bonds is 7. The van der Waals surface area contributed by atoms with Crippen LogP contribution < -0.4 is 10.1 Å². The Labute approximate surface area is 118 Å². The Morgan fingerprint density at radius 2 is 2.26 bits per heavy atom. The van der Waals surface area contributed by atoms with E-state index in [0.717, 1.165) is 36.7 Å². The van der Waals surface area contributed by atoms with Gasteiger partial charge >= 0.3 is 0 Å². The number of benzene rings is 1. The van der Waals surface area contributed by atoms with Crippen molar-refractivity contribution in [3.05, 3.63) is 45.9 Å². The molecule has 1 heterocycles. The number of nitrogens with one attached hydrogen (secondary N) is 1. The molecule has 0 amide bonds. The Hall–Kier alpha value is -1.39. The van der Waals surface area contributed by atoms with Gasteiger partial charge in [-0.3, -0.25) is 0 Å². The highest BCUT2D eigenvalue weighted by atomic mass is 32.1. The maximum absolute atomic E-state index is 5.24. The highest BCUT2D eigenvalue weighted by Crippen LogP contribution is 2.19. The van der Waals surface area contributed by atoms with Gasteiger partial charge in [-0.25, -0.2) is 4.98 Å². The number of methoxy groups -OCH3 is 1. The third-order valence-corrected chi connectivity index (χ3v) is 3.81. The first-order valence-electron chi connectivity index (χ1n) is 6.59. The van der Waals surface area contributed by atoms with Crippen LogP contribution in [0.1, 0.15) is 28.8 Å². The predicted octanol–water partition coefficient (Wildman–Crippen LogP) is 3.24. The average molecular weight is 276 g/mol. The van der Waals surface area contributed by atoms with Gasteiger partial charge in [-0.05, 0) is 30.7 Å². The van der Waals surface area contributed by atoms with Gasteiger partial charge in [0.15, 0.2) is 0 Å². The first-order valence-corrected chi connectivity index (χ1v) is 7.40. The Kier molecular flexibility index (Phi) is 5.36. The van der Waals surface area contributed by atoms with E-state index < -0.39 is 0 Å². The standard InChI is InChI=1S/C15H20N2OS/c1-3-7-16-10-14-11-17-15(19-14)9-12-5-4-6-13(8-12)18-2/h4-6,8,11,16H,3,7,9-10H2,1-2H3. The second kappa shape index (κ2) is 7.26. The zero-order valence-corrected chi connectivity index (χ0v) is 12.3. The molecular formula is C15H20N2OS. The molecule has 0 saturated heterocycles. The molecule has 102 valence electrons. The lowest BCUT2D eigenvalue weighted by molar-refractivity contribution is 0.414. The molecule has 0 aliphatic carbocycles. The molecule has 0 aliphatic rings. The van der Waals surface area contributed by atoms with E-state index in [1.165, 1.54) is 10.4 Å². The van der Waals surface area contributed by atoms with Crippen molar-refractivity contribution in [3.8, 4) is 5.75 Å². The highest BCUT2D eigenvalue weighted by Gasteiger charge is 2.04. The van der Waals surface area contributed by atoms with E-state index >= 15 is 0 Å². The van der Waals surface area contributed by atoms with Crippen LogP contribution in [0.2, 0.25) is 0 Å². The normalized spacial score (nSPS) is 10.6. The van der Waals surface area contributed by atoms with Gasteiger partial charge in [0.25, 0.3) is 0 Å². The lowest BCUT2D eigenvalue weighted by Crippen LogP contribution is -2.12. The SMILES string of the molecule is CCCNCc1cnc(Cc2cccc(OC)c2)s1. The first-order chi connectivity index (χ1) is 9.31. The van der Waals surface area contributed by atoms with Crippen LogP contribution in [0.25, 0.3) is 0 Å². The minimum atomic E-state index is 0.871. The molecule has 19 heavy (non-hydrogen) atoms. The van der Waals surface area contributed by atoms with E-state index in [4.69, 9.17) is 4.74 Å². The smallest absolute Gasteiger partial charge is 0.119 e. The summed E-state index contributed by atoms with van der Waals surface area (Å²) in [4.78, 5) is 5.78. The Morgan fingerprint density at radius 1 is 1.37 bits per heavy atom. The summed E-state index contributed by atoms with van der Waals surface area (Å²) in [7, 11) is 1.69. The third kappa shape index (κ3) is 4.33. The topological polar surface area (TPSA) is 34.2 Å². The van der Waals surface area contributed by atoms with Crippen LogP contribution in [-0.2, 0) is 13.0 Å². The Morgan fingerprint density at radius 3 is 3.05 bits per heavy atom. The summed E-state index contributed by atoms with van der Waals surface area (Å²) in [5.74, 6) is 0.902. The summed E-state index contributed by atoms with van der Waals surface area (Å²) >= 11 is 1.78. The van der Waals surface area contributed by atoms with E-state index in [1.54, 1.807) is 18.4 Å². The van der Waals surface area contributed by atoms with Crippen molar-refractivity contribution in [2.75, 3.05) is 13.7 Å². The molecule has 0 aliphatic heterocycles. The van der Waals surface area contributed by atoms with Crippen LogP contribution >= 0.6 is 11.3 Å². The summed E-state index contributed by atoms with van der Waals surface area (Å²) in [6.07, 6.45) is 4.01. The first kappa shape index (κ1) is 14.0. The summed E-state index contributed by atoms with van der Waals surface area (Å²) < 4.78 is 5.24. The zero-order chi connectivity index (χ0) is 13.5. The van der Waals surface area contributed by atoms with E-state index in [-0.39, 0.29) is 0 Å². The van der Waals surface area contributed by atoms with E-state index in [1.807, 2.05) is 18.3 Å². The van der Waals surface area contributed by atoms with Gasteiger partial charge in [0, 0.05) is 24.0 Å². The van der Waals surface area contributed by atoms with Gasteiger partial charge in [-0.2, -0.15) is 0 Å². The van der Waals surface area contributed by atoms with E-state index in [0.29, 0.717) is 0 Å². The molecule has 2 rings (SSSR count). The fourth-order valence-electron chi connectivity index (χ4n) is 1.86. The van der Waals surface area contributed by atoms with Crippen LogP contribution in [-0.4, -0.2) is 18.6 Å². The summed E-state index contributed by atoms with van der Waals surface area (Å²) in [6, 6.07) is 8.16. The number of thiazole rings is 1. The molecule has 1 aromatic carbocycles. The van der Waals surface area contributed by atoms with Gasteiger partial charge < -0.3 is 10.1 Å². The second-order valence-electron chi connectivity index (χ2n) is 4.43. The maximum atomic E-state index is 5.24. The number of ether oxygens (including phenoxy) is 1. The molecule has 1 aromatic heterocycles. The van der Waals surface area contributed by atoms with Crippen molar-refractivity contribution >= 4 is 11.3 Å². The molecule has 0 fully saturated rings. The van der Waals surface area contributed by atoms with Crippen molar-refractivity contribution in [1.82, 2.24) is 10.3 Å². The van der Waals surface area contributed by atoms with Gasteiger partial charge in [-0.15, -0.1) is 11.3 Å². The average Bonchev–Trinajstić information content (AvgIpc) is 2.87. The molecule has 0 spiro atoms. The molecule has 0 saturated carbocycles. The molecule has 0 radical (unpaired) electrons. The van der Waals surface area contributed by atoms with Gasteiger partial charge in [0.1, 0.15) is 5.75 Å². The number of nitrogens with zero attached hydrogens (tertiary/aromatic N) is 1. The summed E-state index contributed by atoms with van der Waals surface area (Å²) in [5.41, 5.74) is 1.24. The molecule has 0 unspecified atom stereocenters. The second-order valence-corrected chi connectivity index (χ2v) is 5.63. The Balaban J connectivity index is 1.95. The third-order valence-electron chi connectivity index (χ3n) is 2.82. The van der Waals surface area contributed by atoms with Crippen molar-refractivity contribution in [1.29, 1.82) is 0 Å². The Bertz CT molecular complexity index is 510. The highest BCUT2D eigenvalue weighted by molar-refractivity contribution is 7.11. The van der Waals surface area contributed by atoms with Gasteiger partial charge in [0.2, 0.25) is 0 Å². The molecule has 4 heteroatoms. The van der Waals surface area contributed by atoms with Crippen molar-refractivity contribution in [2.24, 2.45) is 0 Å². The molecule has 2 aromatic rings. The van der Waals surface area contributed by atoms with Crippen LogP contribution in [0.15, 0.2) is 30.5 Å². The van der Waals surface area contributed by atoms with Crippen LogP contribution in [0.4, 0.5) is 0 Å². The number of hydrogen-bond donors (Lipinski definition) is 1. The molecular weight excluding hydrogens is 256 g/mol. The van der Waals surface area contributed by atoms with Crippen molar-refractivity contribution < 1.29 is 4.74 Å². The fourth-order valence-corrected chi connectivity index (χ4v) is 2.78. The molecule has 1 N–H and O–H groups in total. The molecule has 3 nitrogen and oxygen atoms in total. The molecule has 0 bridgehead atoms. The minimum absolute atomic E-state index is 0.871. The number of hydrogen-bond acceptors (Lipinski definition) is 4. The van der Waals surface area contributed by atoms with E-state index in [2.05, 4.69) is 29.4 Å². The number of aromatic nitrogens is 1. The largest absolute Gasteiger partial charge is 0.497 e. The summed E-state index contributed by atoms with van der Waals surface area (Å²) in [5, 5.41) is 4.55. The van der Waals surface area contributed by atoms with Crippen LogP contribution in [0.5, 0.6) is 5.75 Å². The van der Waals surface area contributed by atoms with Crippen LogP contribution in [0.3, 0.4) is 0 Å². The van der Waals surface area contributed by atoms with Crippen molar-refractivity contribution in [2.45, 2.75) is 26.3 Å². The molecule has 0 atom stereocenters. The summed E-state index contributed by atoms with van der Waals surface area (Å²) in [6.45, 7) is 4.15.